The summed E-state index contributed by atoms with van der Waals surface area (Å²) in [5, 5.41) is 0. The Bertz CT molecular complexity index is 668. The fourth-order valence-electron chi connectivity index (χ4n) is 1.53. The summed E-state index contributed by atoms with van der Waals surface area (Å²) >= 11 is 0.301. The molecule has 1 aromatic heterocycles. The van der Waals surface area contributed by atoms with Gasteiger partial charge in [0.15, 0.2) is 23.3 Å². The van der Waals surface area contributed by atoms with Crippen LogP contribution < -0.4 is 9.46 Å². The monoisotopic (exact) mass is 350 g/mol. The van der Waals surface area contributed by atoms with Gasteiger partial charge in [-0.1, -0.05) is 6.07 Å². The van der Waals surface area contributed by atoms with E-state index >= 15 is 0 Å². The molecule has 0 saturated heterocycles. The molecule has 2 aromatic rings. The molecular weight excluding hydrogens is 339 g/mol. The second kappa shape index (κ2) is 7.60. The van der Waals surface area contributed by atoms with Crippen LogP contribution in [0, 0.1) is 36.0 Å². The molecule has 1 aromatic carbocycles. The Hall–Kier alpha value is -1.87. The molecule has 9 heteroatoms. The molecule has 1 N–H and O–H groups in total. The number of nitrogens with one attached hydrogen (secondary N) is 1. The first-order valence-electron chi connectivity index (χ1n) is 6.38. The smallest absolute Gasteiger partial charge is 0.213 e. The topological polar surface area (TPSA) is 34.1 Å². The molecule has 0 aliphatic heterocycles. The normalized spacial score (nSPS) is 10.9. The highest BCUT2D eigenvalue weighted by atomic mass is 32.2. The highest BCUT2D eigenvalue weighted by molar-refractivity contribution is 7.97. The highest BCUT2D eigenvalue weighted by Crippen LogP contribution is 2.29. The van der Waals surface area contributed by atoms with Gasteiger partial charge in [-0.2, -0.15) is 0 Å². The number of nitrogens with zero attached hydrogens (tertiary/aromatic N) is 1. The quantitative estimate of drug-likeness (QED) is 0.283. The van der Waals surface area contributed by atoms with Gasteiger partial charge in [-0.3, -0.25) is 4.72 Å². The molecule has 0 aliphatic rings. The zero-order chi connectivity index (χ0) is 17.0. The molecule has 23 heavy (non-hydrogen) atoms. The van der Waals surface area contributed by atoms with Gasteiger partial charge >= 0.3 is 0 Å². The van der Waals surface area contributed by atoms with Crippen LogP contribution in [0.2, 0.25) is 0 Å². The van der Waals surface area contributed by atoms with E-state index in [-0.39, 0.29) is 13.2 Å². The van der Waals surface area contributed by atoms with Gasteiger partial charge in [0.05, 0.1) is 0 Å². The van der Waals surface area contributed by atoms with Gasteiger partial charge in [0.2, 0.25) is 11.7 Å². The van der Waals surface area contributed by atoms with Gasteiger partial charge in [-0.15, -0.1) is 0 Å². The average Bonchev–Trinajstić information content (AvgIpc) is 2.55. The van der Waals surface area contributed by atoms with E-state index in [0.717, 1.165) is 5.56 Å². The Kier molecular flexibility index (Phi) is 5.78. The van der Waals surface area contributed by atoms with Crippen molar-refractivity contribution < 1.29 is 26.7 Å². The summed E-state index contributed by atoms with van der Waals surface area (Å²) in [6.07, 6.45) is 1.60. The molecule has 0 spiro atoms. The summed E-state index contributed by atoms with van der Waals surface area (Å²) < 4.78 is 73.4. The van der Waals surface area contributed by atoms with Crippen LogP contribution in [0.15, 0.2) is 23.2 Å². The number of aromatic nitrogens is 1. The van der Waals surface area contributed by atoms with E-state index in [4.69, 9.17) is 4.74 Å². The van der Waals surface area contributed by atoms with E-state index in [9.17, 15) is 22.0 Å². The molecular formula is C14H11F5N2OS. The van der Waals surface area contributed by atoms with E-state index < -0.39 is 34.0 Å². The maximum Gasteiger partial charge on any atom is 0.213 e. The van der Waals surface area contributed by atoms with Crippen molar-refractivity contribution in [3.8, 4) is 5.88 Å². The van der Waals surface area contributed by atoms with Crippen LogP contribution in [0.5, 0.6) is 5.88 Å². The number of halogens is 5. The van der Waals surface area contributed by atoms with Crippen LogP contribution in [0.4, 0.5) is 22.0 Å². The number of ether oxygens (including phenoxy) is 1. The molecule has 0 atom stereocenters. The molecule has 0 fully saturated rings. The SMILES string of the molecule is Cc1ccc(OCCNSc2c(F)c(F)c(F)c(F)c2F)nc1. The lowest BCUT2D eigenvalue weighted by Crippen LogP contribution is -2.16. The lowest BCUT2D eigenvalue weighted by Gasteiger charge is -2.09. The largest absolute Gasteiger partial charge is 0.476 e. The number of hydrogen-bond donors (Lipinski definition) is 1. The Balaban J connectivity index is 1.88. The molecule has 0 radical (unpaired) electrons. The highest BCUT2D eigenvalue weighted by Gasteiger charge is 2.25. The zero-order valence-electron chi connectivity index (χ0n) is 11.8. The summed E-state index contributed by atoms with van der Waals surface area (Å²) in [6, 6.07) is 3.44. The summed E-state index contributed by atoms with van der Waals surface area (Å²) in [4.78, 5) is 2.99. The minimum absolute atomic E-state index is 0.0957. The Labute approximate surface area is 133 Å². The van der Waals surface area contributed by atoms with Crippen molar-refractivity contribution in [3.63, 3.8) is 0 Å². The van der Waals surface area contributed by atoms with Crippen molar-refractivity contribution in [1.29, 1.82) is 0 Å². The van der Waals surface area contributed by atoms with Crippen molar-refractivity contribution in [1.82, 2.24) is 9.71 Å². The maximum absolute atomic E-state index is 13.4. The molecule has 0 saturated carbocycles. The van der Waals surface area contributed by atoms with Crippen molar-refractivity contribution in [3.05, 3.63) is 53.0 Å². The van der Waals surface area contributed by atoms with Gasteiger partial charge in [-0.25, -0.2) is 26.9 Å². The predicted octanol–water partition coefficient (Wildman–Crippen LogP) is 3.76. The maximum atomic E-state index is 13.4. The predicted molar refractivity (Wildman–Crippen MR) is 74.6 cm³/mol. The summed E-state index contributed by atoms with van der Waals surface area (Å²) in [7, 11) is 0. The first-order valence-corrected chi connectivity index (χ1v) is 7.20. The Morgan fingerprint density at radius 3 is 2.17 bits per heavy atom. The molecule has 1 heterocycles. The molecule has 2 rings (SSSR count). The lowest BCUT2D eigenvalue weighted by atomic mass is 10.3. The third-order valence-electron chi connectivity index (χ3n) is 2.68. The second-order valence-electron chi connectivity index (χ2n) is 4.42. The molecule has 0 aliphatic carbocycles. The van der Waals surface area contributed by atoms with E-state index in [0.29, 0.717) is 17.8 Å². The fourth-order valence-corrected chi connectivity index (χ4v) is 2.22. The summed E-state index contributed by atoms with van der Waals surface area (Å²) in [5.74, 6) is -9.53. The Morgan fingerprint density at radius 1 is 1.00 bits per heavy atom. The number of pyridine rings is 1. The molecule has 0 bridgehead atoms. The van der Waals surface area contributed by atoms with Gasteiger partial charge in [0.1, 0.15) is 11.5 Å². The van der Waals surface area contributed by atoms with Gasteiger partial charge in [0.25, 0.3) is 0 Å². The van der Waals surface area contributed by atoms with Crippen LogP contribution >= 0.6 is 11.9 Å². The van der Waals surface area contributed by atoms with E-state index in [1.54, 1.807) is 18.3 Å². The van der Waals surface area contributed by atoms with Crippen LogP contribution in [-0.2, 0) is 0 Å². The first-order chi connectivity index (χ1) is 10.9. The van der Waals surface area contributed by atoms with Crippen LogP contribution in [0.25, 0.3) is 0 Å². The summed E-state index contributed by atoms with van der Waals surface area (Å²) in [5.41, 5.74) is 0.956. The van der Waals surface area contributed by atoms with Crippen molar-refractivity contribution in [2.45, 2.75) is 11.8 Å². The molecule has 0 amide bonds. The zero-order valence-corrected chi connectivity index (χ0v) is 12.6. The fraction of sp³-hybridized carbons (Fsp3) is 0.214. The second-order valence-corrected chi connectivity index (χ2v) is 5.32. The molecule has 3 nitrogen and oxygen atoms in total. The van der Waals surface area contributed by atoms with Crippen LogP contribution in [-0.4, -0.2) is 18.1 Å². The van der Waals surface area contributed by atoms with E-state index in [2.05, 4.69) is 9.71 Å². The van der Waals surface area contributed by atoms with Crippen molar-refractivity contribution in [2.24, 2.45) is 0 Å². The third kappa shape index (κ3) is 4.11. The average molecular weight is 350 g/mol. The van der Waals surface area contributed by atoms with Gasteiger partial charge in [0, 0.05) is 18.8 Å². The van der Waals surface area contributed by atoms with Crippen molar-refractivity contribution >= 4 is 11.9 Å². The van der Waals surface area contributed by atoms with Gasteiger partial charge in [-0.05, 0) is 24.4 Å². The van der Waals surface area contributed by atoms with Crippen LogP contribution in [0.1, 0.15) is 5.56 Å². The number of aryl methyl sites for hydroxylation is 1. The van der Waals surface area contributed by atoms with Gasteiger partial charge < -0.3 is 4.74 Å². The van der Waals surface area contributed by atoms with Crippen LogP contribution in [0.3, 0.4) is 0 Å². The minimum Gasteiger partial charge on any atom is -0.476 e. The minimum atomic E-state index is -2.18. The Morgan fingerprint density at radius 2 is 1.61 bits per heavy atom. The molecule has 0 unspecified atom stereocenters. The number of hydrogen-bond acceptors (Lipinski definition) is 4. The third-order valence-corrected chi connectivity index (χ3v) is 3.59. The standard InChI is InChI=1S/C14H11F5N2OS/c1-7-2-3-8(20-6-7)22-5-4-21-23-14-12(18)10(16)9(15)11(17)13(14)19/h2-3,6,21H,4-5H2,1H3. The summed E-state index contributed by atoms with van der Waals surface area (Å²) in [6.45, 7) is 2.05. The number of benzene rings is 1. The van der Waals surface area contributed by atoms with Crippen molar-refractivity contribution in [2.75, 3.05) is 13.2 Å². The lowest BCUT2D eigenvalue weighted by molar-refractivity contribution is 0.312. The van der Waals surface area contributed by atoms with E-state index in [1.807, 2.05) is 6.92 Å². The molecule has 124 valence electrons. The first kappa shape index (κ1) is 17.5. The number of rotatable bonds is 6. The van der Waals surface area contributed by atoms with E-state index in [1.165, 1.54) is 0 Å².